The minimum absolute atomic E-state index is 0.0918. The normalized spacial score (nSPS) is 14.8. The second-order valence-electron chi connectivity index (χ2n) is 5.24. The summed E-state index contributed by atoms with van der Waals surface area (Å²) in [4.78, 5) is 11.1. The number of cyclic esters (lactones) is 1. The van der Waals surface area contributed by atoms with Crippen molar-refractivity contribution in [1.82, 2.24) is 0 Å². The Bertz CT molecular complexity index is 1020. The topological polar surface area (TPSA) is 86.5 Å². The Morgan fingerprint density at radius 2 is 1.72 bits per heavy atom. The molecule has 0 spiro atoms. The van der Waals surface area contributed by atoms with Gasteiger partial charge in [-0.1, -0.05) is 28.1 Å². The molecule has 130 valence electrons. The van der Waals surface area contributed by atoms with Crippen molar-refractivity contribution in [2.45, 2.75) is 4.90 Å². The summed E-state index contributed by atoms with van der Waals surface area (Å²) in [6.45, 7) is -0.255. The van der Waals surface area contributed by atoms with Gasteiger partial charge in [0.05, 0.1) is 5.57 Å². The number of sulfonamides is 1. The van der Waals surface area contributed by atoms with Gasteiger partial charge in [-0.15, -0.1) is 0 Å². The van der Waals surface area contributed by atoms with Gasteiger partial charge in [-0.05, 0) is 29.8 Å². The SMILES string of the molecule is NS(=O)(=O)c1cc(F)c(C2=C(c3ccc(Br)cc3)C(=O)OC2)cc1F. The van der Waals surface area contributed by atoms with Crippen molar-refractivity contribution < 1.29 is 26.7 Å². The Kier molecular flexibility index (Phi) is 4.48. The van der Waals surface area contributed by atoms with Gasteiger partial charge < -0.3 is 4.74 Å². The number of ether oxygens (including phenoxy) is 1. The van der Waals surface area contributed by atoms with E-state index in [1.54, 1.807) is 24.3 Å². The standard InChI is InChI=1S/C16H10BrF2NO4S/c17-9-3-1-8(2-4-9)15-11(7-24-16(15)21)10-5-13(19)14(6-12(10)18)25(20,22)23/h1-6H,7H2,(H2,20,22,23). The lowest BCUT2D eigenvalue weighted by Gasteiger charge is -2.09. The van der Waals surface area contributed by atoms with Crippen LogP contribution in [-0.4, -0.2) is 21.0 Å². The van der Waals surface area contributed by atoms with Gasteiger partial charge in [0.1, 0.15) is 23.1 Å². The molecule has 25 heavy (non-hydrogen) atoms. The van der Waals surface area contributed by atoms with E-state index >= 15 is 0 Å². The lowest BCUT2D eigenvalue weighted by Crippen LogP contribution is -2.15. The number of primary sulfonamides is 1. The fourth-order valence-corrected chi connectivity index (χ4v) is 3.37. The highest BCUT2D eigenvalue weighted by Crippen LogP contribution is 2.35. The Labute approximate surface area is 150 Å². The molecule has 0 radical (unpaired) electrons. The third-order valence-corrected chi connectivity index (χ3v) is 5.09. The molecule has 2 aromatic rings. The van der Waals surface area contributed by atoms with Crippen LogP contribution in [0.25, 0.3) is 11.1 Å². The molecule has 0 fully saturated rings. The predicted octanol–water partition coefficient (Wildman–Crippen LogP) is 2.84. The van der Waals surface area contributed by atoms with E-state index in [0.29, 0.717) is 17.7 Å². The number of carbonyl (C=O) groups is 1. The maximum Gasteiger partial charge on any atom is 0.339 e. The predicted molar refractivity (Wildman–Crippen MR) is 89.6 cm³/mol. The summed E-state index contributed by atoms with van der Waals surface area (Å²) >= 11 is 3.27. The van der Waals surface area contributed by atoms with Crippen LogP contribution in [0.4, 0.5) is 8.78 Å². The van der Waals surface area contributed by atoms with Gasteiger partial charge in [0, 0.05) is 15.6 Å². The molecule has 0 aromatic heterocycles. The summed E-state index contributed by atoms with van der Waals surface area (Å²) in [7, 11) is -4.41. The summed E-state index contributed by atoms with van der Waals surface area (Å²) in [5.74, 6) is -2.90. The average Bonchev–Trinajstić information content (AvgIpc) is 2.90. The number of hydrogen-bond donors (Lipinski definition) is 1. The monoisotopic (exact) mass is 429 g/mol. The van der Waals surface area contributed by atoms with Gasteiger partial charge in [-0.25, -0.2) is 27.1 Å². The third kappa shape index (κ3) is 3.35. The van der Waals surface area contributed by atoms with E-state index in [4.69, 9.17) is 9.88 Å². The molecule has 0 amide bonds. The molecule has 0 bridgehead atoms. The van der Waals surface area contributed by atoms with Crippen LogP contribution < -0.4 is 5.14 Å². The molecule has 1 heterocycles. The highest BCUT2D eigenvalue weighted by Gasteiger charge is 2.30. The number of nitrogens with two attached hydrogens (primary N) is 1. The Morgan fingerprint density at radius 3 is 2.32 bits per heavy atom. The first-order chi connectivity index (χ1) is 11.7. The summed E-state index contributed by atoms with van der Waals surface area (Å²) < 4.78 is 56.8. The molecular weight excluding hydrogens is 420 g/mol. The lowest BCUT2D eigenvalue weighted by atomic mass is 9.96. The van der Waals surface area contributed by atoms with Crippen molar-refractivity contribution in [3.63, 3.8) is 0 Å². The van der Waals surface area contributed by atoms with Crippen LogP contribution in [0.3, 0.4) is 0 Å². The fraction of sp³-hybridized carbons (Fsp3) is 0.0625. The van der Waals surface area contributed by atoms with Crippen LogP contribution >= 0.6 is 15.9 Å². The van der Waals surface area contributed by atoms with Crippen LogP contribution in [0.2, 0.25) is 0 Å². The van der Waals surface area contributed by atoms with Crippen molar-refractivity contribution in [3.05, 3.63) is 63.6 Å². The number of rotatable bonds is 3. The van der Waals surface area contributed by atoms with Gasteiger partial charge in [0.25, 0.3) is 0 Å². The van der Waals surface area contributed by atoms with Crippen molar-refractivity contribution in [3.8, 4) is 0 Å². The molecule has 0 atom stereocenters. The summed E-state index contributed by atoms with van der Waals surface area (Å²) in [6, 6.07) is 7.82. The average molecular weight is 430 g/mol. The van der Waals surface area contributed by atoms with Crippen LogP contribution in [0, 0.1) is 11.6 Å². The second-order valence-corrected chi connectivity index (χ2v) is 7.69. The highest BCUT2D eigenvalue weighted by atomic mass is 79.9. The smallest absolute Gasteiger partial charge is 0.339 e. The minimum atomic E-state index is -4.41. The van der Waals surface area contributed by atoms with E-state index in [0.717, 1.165) is 4.47 Å². The van der Waals surface area contributed by atoms with Crippen molar-refractivity contribution in [2.24, 2.45) is 5.14 Å². The van der Waals surface area contributed by atoms with Crippen LogP contribution in [0.5, 0.6) is 0 Å². The largest absolute Gasteiger partial charge is 0.457 e. The number of hydrogen-bond acceptors (Lipinski definition) is 4. The summed E-state index contributed by atoms with van der Waals surface area (Å²) in [5.41, 5.74) is 0.434. The quantitative estimate of drug-likeness (QED) is 0.759. The van der Waals surface area contributed by atoms with Crippen molar-refractivity contribution in [2.75, 3.05) is 6.61 Å². The molecule has 0 saturated heterocycles. The zero-order chi connectivity index (χ0) is 18.4. The lowest BCUT2D eigenvalue weighted by molar-refractivity contribution is -0.133. The molecule has 2 N–H and O–H groups in total. The Morgan fingerprint density at radius 1 is 1.08 bits per heavy atom. The van der Waals surface area contributed by atoms with E-state index in [9.17, 15) is 22.0 Å². The molecule has 1 aliphatic rings. The van der Waals surface area contributed by atoms with Gasteiger partial charge in [-0.2, -0.15) is 0 Å². The third-order valence-electron chi connectivity index (χ3n) is 3.64. The Hall–Kier alpha value is -2.10. The second kappa shape index (κ2) is 6.32. The molecule has 3 rings (SSSR count). The first kappa shape index (κ1) is 17.7. The minimum Gasteiger partial charge on any atom is -0.457 e. The van der Waals surface area contributed by atoms with Gasteiger partial charge >= 0.3 is 5.97 Å². The van der Waals surface area contributed by atoms with Crippen molar-refractivity contribution in [1.29, 1.82) is 0 Å². The van der Waals surface area contributed by atoms with E-state index in [2.05, 4.69) is 15.9 Å². The van der Waals surface area contributed by atoms with Crippen molar-refractivity contribution >= 4 is 43.1 Å². The number of halogens is 3. The van der Waals surface area contributed by atoms with Crippen LogP contribution in [-0.2, 0) is 19.6 Å². The van der Waals surface area contributed by atoms with Gasteiger partial charge in [0.15, 0.2) is 0 Å². The zero-order valence-electron chi connectivity index (χ0n) is 12.4. The number of esters is 1. The first-order valence-corrected chi connectivity index (χ1v) is 9.21. The highest BCUT2D eigenvalue weighted by molar-refractivity contribution is 9.10. The van der Waals surface area contributed by atoms with E-state index in [1.165, 1.54) is 0 Å². The molecule has 0 saturated carbocycles. The molecular formula is C16H10BrF2NO4S. The van der Waals surface area contributed by atoms with Gasteiger partial charge in [0.2, 0.25) is 10.0 Å². The van der Waals surface area contributed by atoms with E-state index in [-0.39, 0.29) is 23.3 Å². The van der Waals surface area contributed by atoms with Gasteiger partial charge in [-0.3, -0.25) is 0 Å². The van der Waals surface area contributed by atoms with E-state index in [1.807, 2.05) is 0 Å². The zero-order valence-corrected chi connectivity index (χ0v) is 14.8. The fourth-order valence-electron chi connectivity index (χ4n) is 2.50. The molecule has 5 nitrogen and oxygen atoms in total. The maximum atomic E-state index is 14.4. The number of carbonyl (C=O) groups excluding carboxylic acids is 1. The summed E-state index contributed by atoms with van der Waals surface area (Å²) in [6.07, 6.45) is 0. The summed E-state index contributed by atoms with van der Waals surface area (Å²) in [5, 5.41) is 4.85. The molecule has 9 heteroatoms. The first-order valence-electron chi connectivity index (χ1n) is 6.87. The molecule has 0 aliphatic carbocycles. The molecule has 1 aliphatic heterocycles. The maximum absolute atomic E-state index is 14.4. The van der Waals surface area contributed by atoms with Crippen LogP contribution in [0.15, 0.2) is 45.8 Å². The number of benzene rings is 2. The molecule has 2 aromatic carbocycles. The molecule has 0 unspecified atom stereocenters. The Balaban J connectivity index is 2.21. The van der Waals surface area contributed by atoms with E-state index < -0.39 is 32.5 Å². The van der Waals surface area contributed by atoms with Crippen LogP contribution in [0.1, 0.15) is 11.1 Å².